The molecule has 0 aliphatic rings. The Hall–Kier alpha value is -0.550. The predicted molar refractivity (Wildman–Crippen MR) is 85.3 cm³/mol. The molecule has 0 atom stereocenters. The van der Waals surface area contributed by atoms with Crippen LogP contribution in [0.4, 0.5) is 0 Å². The molecule has 1 aromatic rings. The smallest absolute Gasteiger partial charge is 0.253 e. The van der Waals surface area contributed by atoms with Gasteiger partial charge in [-0.3, -0.25) is 4.79 Å². The summed E-state index contributed by atoms with van der Waals surface area (Å²) in [6.45, 7) is 4.15. The summed E-state index contributed by atoms with van der Waals surface area (Å²) >= 11 is 6.90. The number of benzene rings is 1. The third-order valence-corrected chi connectivity index (χ3v) is 5.17. The van der Waals surface area contributed by atoms with Crippen molar-refractivity contribution in [3.63, 3.8) is 0 Å². The van der Waals surface area contributed by atoms with Crippen molar-refractivity contribution in [3.8, 4) is 5.75 Å². The van der Waals surface area contributed by atoms with Crippen LogP contribution < -0.4 is 10.1 Å². The summed E-state index contributed by atoms with van der Waals surface area (Å²) in [5, 5.41) is 3.85. The van der Waals surface area contributed by atoms with Gasteiger partial charge in [0.15, 0.2) is 0 Å². The lowest BCUT2D eigenvalue weighted by Gasteiger charge is -2.31. The molecular weight excluding hydrogens is 374 g/mol. The SMILES string of the molecule is CCC(CC)(CBr)NC(=O)c1cc(OC)ccc1Br. The minimum atomic E-state index is -0.209. The molecule has 0 aromatic heterocycles. The van der Waals surface area contributed by atoms with Gasteiger partial charge >= 0.3 is 0 Å². The molecular formula is C14H19Br2NO2. The van der Waals surface area contributed by atoms with Gasteiger partial charge in [-0.2, -0.15) is 0 Å². The average molecular weight is 393 g/mol. The predicted octanol–water partition coefficient (Wildman–Crippen LogP) is 4.14. The van der Waals surface area contributed by atoms with E-state index in [1.54, 1.807) is 13.2 Å². The van der Waals surface area contributed by atoms with Gasteiger partial charge in [0.25, 0.3) is 5.91 Å². The first-order valence-electron chi connectivity index (χ1n) is 6.24. The second-order valence-corrected chi connectivity index (χ2v) is 5.84. The normalized spacial score (nSPS) is 11.2. The summed E-state index contributed by atoms with van der Waals surface area (Å²) in [4.78, 5) is 12.4. The lowest BCUT2D eigenvalue weighted by atomic mass is 9.95. The van der Waals surface area contributed by atoms with Crippen LogP contribution in [0.25, 0.3) is 0 Å². The molecule has 0 aliphatic heterocycles. The highest BCUT2D eigenvalue weighted by molar-refractivity contribution is 9.10. The summed E-state index contributed by atoms with van der Waals surface area (Å²) < 4.78 is 5.92. The fourth-order valence-corrected chi connectivity index (χ4v) is 3.12. The quantitative estimate of drug-likeness (QED) is 0.738. The summed E-state index contributed by atoms with van der Waals surface area (Å²) in [5.74, 6) is 0.583. The van der Waals surface area contributed by atoms with Crippen LogP contribution >= 0.6 is 31.9 Å². The molecule has 106 valence electrons. The summed E-state index contributed by atoms with van der Waals surface area (Å²) in [5.41, 5.74) is 0.381. The standard InChI is InChI=1S/C14H19Br2NO2/c1-4-14(5-2,9-15)17-13(18)11-8-10(19-3)6-7-12(11)16/h6-8H,4-5,9H2,1-3H3,(H,17,18). The van der Waals surface area contributed by atoms with Crippen LogP contribution in [0.15, 0.2) is 22.7 Å². The monoisotopic (exact) mass is 391 g/mol. The van der Waals surface area contributed by atoms with Crippen molar-refractivity contribution in [2.75, 3.05) is 12.4 Å². The van der Waals surface area contributed by atoms with Crippen LogP contribution in [0, 0.1) is 0 Å². The van der Waals surface area contributed by atoms with Crippen molar-refractivity contribution in [2.24, 2.45) is 0 Å². The second kappa shape index (κ2) is 7.29. The third-order valence-electron chi connectivity index (χ3n) is 3.41. The molecule has 1 amide bonds. The van der Waals surface area contributed by atoms with Crippen molar-refractivity contribution < 1.29 is 9.53 Å². The summed E-state index contributed by atoms with van der Waals surface area (Å²) in [7, 11) is 1.59. The maximum absolute atomic E-state index is 12.4. The Kier molecular flexibility index (Phi) is 6.33. The van der Waals surface area contributed by atoms with Gasteiger partial charge in [0, 0.05) is 15.3 Å². The first kappa shape index (κ1) is 16.5. The van der Waals surface area contributed by atoms with Crippen molar-refractivity contribution in [3.05, 3.63) is 28.2 Å². The van der Waals surface area contributed by atoms with Crippen LogP contribution in [0.1, 0.15) is 37.0 Å². The minimum Gasteiger partial charge on any atom is -0.497 e. The van der Waals surface area contributed by atoms with Crippen LogP contribution in [-0.2, 0) is 0 Å². The number of hydrogen-bond acceptors (Lipinski definition) is 2. The van der Waals surface area contributed by atoms with E-state index in [1.807, 2.05) is 12.1 Å². The number of halogens is 2. The van der Waals surface area contributed by atoms with E-state index in [9.17, 15) is 4.79 Å². The maximum atomic E-state index is 12.4. The molecule has 0 heterocycles. The second-order valence-electron chi connectivity index (χ2n) is 4.42. The number of ether oxygens (including phenoxy) is 1. The maximum Gasteiger partial charge on any atom is 0.253 e. The van der Waals surface area contributed by atoms with E-state index >= 15 is 0 Å². The summed E-state index contributed by atoms with van der Waals surface area (Å²) in [6, 6.07) is 5.38. The molecule has 0 radical (unpaired) electrons. The molecule has 0 fully saturated rings. The van der Waals surface area contributed by atoms with Gasteiger partial charge in [-0.1, -0.05) is 29.8 Å². The van der Waals surface area contributed by atoms with Crippen molar-refractivity contribution >= 4 is 37.8 Å². The number of nitrogens with one attached hydrogen (secondary N) is 1. The van der Waals surface area contributed by atoms with Crippen LogP contribution in [-0.4, -0.2) is 23.9 Å². The van der Waals surface area contributed by atoms with Gasteiger partial charge in [0.2, 0.25) is 0 Å². The van der Waals surface area contributed by atoms with Gasteiger partial charge < -0.3 is 10.1 Å². The highest BCUT2D eigenvalue weighted by Crippen LogP contribution is 2.24. The van der Waals surface area contributed by atoms with E-state index in [1.165, 1.54) is 0 Å². The summed E-state index contributed by atoms with van der Waals surface area (Å²) in [6.07, 6.45) is 1.75. The first-order valence-corrected chi connectivity index (χ1v) is 8.15. The fraction of sp³-hybridized carbons (Fsp3) is 0.500. The van der Waals surface area contributed by atoms with Crippen molar-refractivity contribution in [1.82, 2.24) is 5.32 Å². The molecule has 3 nitrogen and oxygen atoms in total. The topological polar surface area (TPSA) is 38.3 Å². The van der Waals surface area contributed by atoms with Gasteiger partial charge in [0.05, 0.1) is 12.7 Å². The number of methoxy groups -OCH3 is 1. The number of amides is 1. The number of alkyl halides is 1. The zero-order valence-electron chi connectivity index (χ0n) is 11.4. The zero-order valence-corrected chi connectivity index (χ0v) is 14.6. The van der Waals surface area contributed by atoms with Crippen LogP contribution in [0.3, 0.4) is 0 Å². The highest BCUT2D eigenvalue weighted by atomic mass is 79.9. The molecule has 1 aromatic carbocycles. The van der Waals surface area contributed by atoms with Crippen molar-refractivity contribution in [1.29, 1.82) is 0 Å². The number of carbonyl (C=O) groups excluding carboxylic acids is 1. The third kappa shape index (κ3) is 3.96. The molecule has 5 heteroatoms. The number of rotatable bonds is 6. The Bertz CT molecular complexity index is 437. The van der Waals surface area contributed by atoms with Gasteiger partial charge in [-0.15, -0.1) is 0 Å². The Morgan fingerprint density at radius 2 is 2.00 bits per heavy atom. The Balaban J connectivity index is 3.00. The molecule has 0 saturated heterocycles. The molecule has 1 N–H and O–H groups in total. The molecule has 0 saturated carbocycles. The van der Waals surface area contributed by atoms with E-state index in [0.717, 1.165) is 22.6 Å². The fourth-order valence-electron chi connectivity index (χ4n) is 1.76. The van der Waals surface area contributed by atoms with Crippen LogP contribution in [0.2, 0.25) is 0 Å². The van der Waals surface area contributed by atoms with Crippen LogP contribution in [0.5, 0.6) is 5.75 Å². The van der Waals surface area contributed by atoms with Gasteiger partial charge in [-0.25, -0.2) is 0 Å². The lowest BCUT2D eigenvalue weighted by molar-refractivity contribution is 0.0902. The van der Waals surface area contributed by atoms with E-state index in [4.69, 9.17) is 4.74 Å². The molecule has 0 spiro atoms. The largest absolute Gasteiger partial charge is 0.497 e. The van der Waals surface area contributed by atoms with Gasteiger partial charge in [-0.05, 0) is 47.0 Å². The van der Waals surface area contributed by atoms with E-state index < -0.39 is 0 Å². The number of hydrogen-bond donors (Lipinski definition) is 1. The van der Waals surface area contributed by atoms with E-state index in [0.29, 0.717) is 11.3 Å². The first-order chi connectivity index (χ1) is 9.01. The lowest BCUT2D eigenvalue weighted by Crippen LogP contribution is -2.49. The molecule has 0 aliphatic carbocycles. The van der Waals surface area contributed by atoms with Crippen molar-refractivity contribution in [2.45, 2.75) is 32.2 Å². The van der Waals surface area contributed by atoms with Gasteiger partial charge in [0.1, 0.15) is 5.75 Å². The average Bonchev–Trinajstić information content (AvgIpc) is 2.45. The number of carbonyl (C=O) groups is 1. The Labute approximate surface area is 131 Å². The van der Waals surface area contributed by atoms with E-state index in [-0.39, 0.29) is 11.4 Å². The molecule has 0 unspecified atom stereocenters. The Morgan fingerprint density at radius 3 is 2.47 bits per heavy atom. The molecule has 1 rings (SSSR count). The highest BCUT2D eigenvalue weighted by Gasteiger charge is 2.27. The molecule has 19 heavy (non-hydrogen) atoms. The molecule has 0 bridgehead atoms. The minimum absolute atomic E-state index is 0.0890. The van der Waals surface area contributed by atoms with E-state index in [2.05, 4.69) is 51.0 Å². The zero-order chi connectivity index (χ0) is 14.5. The Morgan fingerprint density at radius 1 is 1.37 bits per heavy atom.